The first-order chi connectivity index (χ1) is 9.83. The van der Waals surface area contributed by atoms with Crippen molar-refractivity contribution in [2.45, 2.75) is 26.3 Å². The van der Waals surface area contributed by atoms with Crippen LogP contribution < -0.4 is 5.32 Å². The minimum absolute atomic E-state index is 0.0845. The molecule has 122 valence electrons. The molecule has 21 heavy (non-hydrogen) atoms. The highest BCUT2D eigenvalue weighted by Crippen LogP contribution is 2.07. The Morgan fingerprint density at radius 2 is 1.95 bits per heavy atom. The lowest BCUT2D eigenvalue weighted by Gasteiger charge is -2.31. The second kappa shape index (κ2) is 9.98. The van der Waals surface area contributed by atoms with E-state index < -0.39 is 12.0 Å². The van der Waals surface area contributed by atoms with Crippen LogP contribution in [0.2, 0.25) is 0 Å². The van der Waals surface area contributed by atoms with E-state index >= 15 is 0 Å². The third kappa shape index (κ3) is 7.50. The Balaban J connectivity index is 4.44. The Hall–Kier alpha value is -1.83. The van der Waals surface area contributed by atoms with E-state index in [4.69, 9.17) is 9.84 Å². The third-order valence-corrected chi connectivity index (χ3v) is 2.92. The second-order valence-corrected chi connectivity index (χ2v) is 4.71. The summed E-state index contributed by atoms with van der Waals surface area (Å²) in [6.45, 7) is 4.51. The van der Waals surface area contributed by atoms with Gasteiger partial charge in [0.05, 0.1) is 13.0 Å². The summed E-state index contributed by atoms with van der Waals surface area (Å²) in [4.78, 5) is 37.2. The number of methoxy groups -OCH3 is 1. The van der Waals surface area contributed by atoms with Crippen molar-refractivity contribution in [1.82, 2.24) is 15.1 Å². The first-order valence-corrected chi connectivity index (χ1v) is 6.82. The molecular weight excluding hydrogens is 278 g/mol. The minimum atomic E-state index is -0.964. The molecule has 0 bridgehead atoms. The Morgan fingerprint density at radius 1 is 1.33 bits per heavy atom. The Morgan fingerprint density at radius 3 is 2.43 bits per heavy atom. The van der Waals surface area contributed by atoms with Gasteiger partial charge in [-0.25, -0.2) is 4.79 Å². The van der Waals surface area contributed by atoms with Gasteiger partial charge in [0, 0.05) is 33.3 Å². The first-order valence-electron chi connectivity index (χ1n) is 6.82. The summed E-state index contributed by atoms with van der Waals surface area (Å²) in [5.74, 6) is -1.25. The van der Waals surface area contributed by atoms with Crippen molar-refractivity contribution in [3.63, 3.8) is 0 Å². The van der Waals surface area contributed by atoms with Gasteiger partial charge in [0.2, 0.25) is 5.91 Å². The minimum Gasteiger partial charge on any atom is -0.481 e. The highest BCUT2D eigenvalue weighted by molar-refractivity contribution is 5.84. The van der Waals surface area contributed by atoms with Crippen LogP contribution in [0.3, 0.4) is 0 Å². The van der Waals surface area contributed by atoms with Crippen LogP contribution in [0.1, 0.15) is 20.3 Å². The SMILES string of the molecule is CCN(C(=O)N(C)CC(=O)NCCOC)C(C)CC(=O)O. The van der Waals surface area contributed by atoms with E-state index in [2.05, 4.69) is 5.32 Å². The summed E-state index contributed by atoms with van der Waals surface area (Å²) in [6.07, 6.45) is -0.131. The number of rotatable bonds is 9. The van der Waals surface area contributed by atoms with Crippen LogP contribution in [0.4, 0.5) is 4.79 Å². The predicted molar refractivity (Wildman–Crippen MR) is 77.0 cm³/mol. The molecule has 8 nitrogen and oxygen atoms in total. The summed E-state index contributed by atoms with van der Waals surface area (Å²) in [7, 11) is 3.04. The molecule has 0 aliphatic rings. The molecule has 0 rings (SSSR count). The Labute approximate surface area is 125 Å². The van der Waals surface area contributed by atoms with Gasteiger partial charge < -0.3 is 25.0 Å². The van der Waals surface area contributed by atoms with Crippen LogP contribution in [0.5, 0.6) is 0 Å². The number of carbonyl (C=O) groups is 3. The molecule has 0 heterocycles. The van der Waals surface area contributed by atoms with E-state index in [1.165, 1.54) is 24.0 Å². The predicted octanol–water partition coefficient (Wildman–Crippen LogP) is -0.0141. The third-order valence-electron chi connectivity index (χ3n) is 2.92. The van der Waals surface area contributed by atoms with Crippen molar-refractivity contribution in [1.29, 1.82) is 0 Å². The molecule has 1 unspecified atom stereocenters. The maximum atomic E-state index is 12.2. The molecule has 1 atom stereocenters. The van der Waals surface area contributed by atoms with E-state index in [0.717, 1.165) is 0 Å². The van der Waals surface area contributed by atoms with Crippen molar-refractivity contribution in [2.24, 2.45) is 0 Å². The quantitative estimate of drug-likeness (QED) is 0.583. The van der Waals surface area contributed by atoms with Crippen LogP contribution in [0.25, 0.3) is 0 Å². The van der Waals surface area contributed by atoms with E-state index in [0.29, 0.717) is 19.7 Å². The zero-order valence-electron chi connectivity index (χ0n) is 13.1. The van der Waals surface area contributed by atoms with Crippen molar-refractivity contribution in [2.75, 3.05) is 40.4 Å². The molecule has 0 aromatic carbocycles. The number of aliphatic carboxylic acids is 1. The number of nitrogens with one attached hydrogen (secondary N) is 1. The van der Waals surface area contributed by atoms with Crippen LogP contribution >= 0.6 is 0 Å². The highest BCUT2D eigenvalue weighted by Gasteiger charge is 2.24. The summed E-state index contributed by atoms with van der Waals surface area (Å²) < 4.78 is 4.81. The fourth-order valence-electron chi connectivity index (χ4n) is 1.85. The normalized spacial score (nSPS) is 11.6. The topological polar surface area (TPSA) is 99.2 Å². The number of hydrogen-bond donors (Lipinski definition) is 2. The number of hydrogen-bond acceptors (Lipinski definition) is 4. The summed E-state index contributed by atoms with van der Waals surface area (Å²) in [5.41, 5.74) is 0. The smallest absolute Gasteiger partial charge is 0.320 e. The first kappa shape index (κ1) is 19.2. The summed E-state index contributed by atoms with van der Waals surface area (Å²) >= 11 is 0. The van der Waals surface area contributed by atoms with Gasteiger partial charge >= 0.3 is 12.0 Å². The van der Waals surface area contributed by atoms with Gasteiger partial charge in [0.15, 0.2) is 0 Å². The van der Waals surface area contributed by atoms with E-state index in [9.17, 15) is 14.4 Å². The largest absolute Gasteiger partial charge is 0.481 e. The van der Waals surface area contributed by atoms with Gasteiger partial charge in [-0.05, 0) is 13.8 Å². The van der Waals surface area contributed by atoms with Crippen LogP contribution in [0, 0.1) is 0 Å². The fourth-order valence-corrected chi connectivity index (χ4v) is 1.85. The number of nitrogens with zero attached hydrogens (tertiary/aromatic N) is 2. The molecule has 2 N–H and O–H groups in total. The Bertz CT molecular complexity index is 362. The maximum absolute atomic E-state index is 12.2. The molecule has 0 aromatic rings. The molecule has 0 aromatic heterocycles. The standard InChI is InChI=1S/C13H25N3O5/c1-5-16(10(2)8-12(18)19)13(20)15(3)9-11(17)14-6-7-21-4/h10H,5-9H2,1-4H3,(H,14,17)(H,18,19). The molecule has 8 heteroatoms. The maximum Gasteiger partial charge on any atom is 0.320 e. The molecule has 0 aliphatic heterocycles. The molecule has 0 radical (unpaired) electrons. The molecular formula is C13H25N3O5. The Kier molecular flexibility index (Phi) is 9.11. The van der Waals surface area contributed by atoms with Crippen LogP contribution in [0.15, 0.2) is 0 Å². The van der Waals surface area contributed by atoms with Crippen molar-refractivity contribution in [3.8, 4) is 0 Å². The van der Waals surface area contributed by atoms with Crippen LogP contribution in [-0.4, -0.2) is 79.3 Å². The number of carbonyl (C=O) groups excluding carboxylic acids is 2. The highest BCUT2D eigenvalue weighted by atomic mass is 16.5. The van der Waals surface area contributed by atoms with Crippen LogP contribution in [-0.2, 0) is 14.3 Å². The van der Waals surface area contributed by atoms with Crippen molar-refractivity contribution in [3.05, 3.63) is 0 Å². The number of carboxylic acids is 1. The number of carboxylic acid groups (broad SMARTS) is 1. The molecule has 0 fully saturated rings. The molecule has 3 amide bonds. The molecule has 0 spiro atoms. The number of amides is 3. The lowest BCUT2D eigenvalue weighted by atomic mass is 10.2. The second-order valence-electron chi connectivity index (χ2n) is 4.71. The van der Waals surface area contributed by atoms with Gasteiger partial charge in [-0.1, -0.05) is 0 Å². The van der Waals surface area contributed by atoms with Gasteiger partial charge in [-0.2, -0.15) is 0 Å². The van der Waals surface area contributed by atoms with Crippen molar-refractivity contribution < 1.29 is 24.2 Å². The lowest BCUT2D eigenvalue weighted by molar-refractivity contribution is -0.138. The number of likely N-dealkylation sites (N-methyl/N-ethyl adjacent to an activating group) is 1. The average molecular weight is 303 g/mol. The summed E-state index contributed by atoms with van der Waals surface area (Å²) in [5, 5.41) is 11.4. The van der Waals surface area contributed by atoms with Gasteiger partial charge in [-0.15, -0.1) is 0 Å². The fraction of sp³-hybridized carbons (Fsp3) is 0.769. The van der Waals surface area contributed by atoms with E-state index in [1.54, 1.807) is 13.8 Å². The zero-order chi connectivity index (χ0) is 16.4. The zero-order valence-corrected chi connectivity index (χ0v) is 13.1. The number of urea groups is 1. The number of ether oxygens (including phenoxy) is 1. The lowest BCUT2D eigenvalue weighted by Crippen LogP contribution is -2.49. The monoisotopic (exact) mass is 303 g/mol. The molecule has 0 aliphatic carbocycles. The van der Waals surface area contributed by atoms with E-state index in [-0.39, 0.29) is 24.9 Å². The van der Waals surface area contributed by atoms with E-state index in [1.807, 2.05) is 0 Å². The van der Waals surface area contributed by atoms with Gasteiger partial charge in [0.25, 0.3) is 0 Å². The van der Waals surface area contributed by atoms with Gasteiger partial charge in [0.1, 0.15) is 6.54 Å². The molecule has 0 saturated heterocycles. The van der Waals surface area contributed by atoms with Crippen molar-refractivity contribution >= 4 is 17.9 Å². The van der Waals surface area contributed by atoms with Gasteiger partial charge in [-0.3, -0.25) is 9.59 Å². The average Bonchev–Trinajstić information content (AvgIpc) is 2.38. The molecule has 0 saturated carbocycles. The summed E-state index contributed by atoms with van der Waals surface area (Å²) in [6, 6.07) is -0.799.